The molecule has 150 valence electrons. The van der Waals surface area contributed by atoms with Gasteiger partial charge in [0.1, 0.15) is 4.90 Å². The fourth-order valence-electron chi connectivity index (χ4n) is 2.43. The average Bonchev–Trinajstić information content (AvgIpc) is 2.69. The van der Waals surface area contributed by atoms with Crippen LogP contribution in [0.25, 0.3) is 0 Å². The van der Waals surface area contributed by atoms with Crippen molar-refractivity contribution < 1.29 is 17.3 Å². The summed E-state index contributed by atoms with van der Waals surface area (Å²) in [5.41, 5.74) is 2.67. The van der Waals surface area contributed by atoms with Gasteiger partial charge in [-0.25, -0.2) is 0 Å². The summed E-state index contributed by atoms with van der Waals surface area (Å²) in [6, 6.07) is 16.8. The molecule has 8 heteroatoms. The van der Waals surface area contributed by atoms with Gasteiger partial charge in [-0.1, -0.05) is 29.3 Å². The number of nitrogens with zero attached hydrogens (tertiary/aromatic N) is 1. The lowest BCUT2D eigenvalue weighted by Crippen LogP contribution is -2.11. The number of hydrogen-bond acceptors (Lipinski definition) is 5. The van der Waals surface area contributed by atoms with Gasteiger partial charge in [-0.15, -0.1) is 0 Å². The van der Waals surface area contributed by atoms with Gasteiger partial charge < -0.3 is 8.92 Å². The van der Waals surface area contributed by atoms with E-state index >= 15 is 0 Å². The third-order valence-corrected chi connectivity index (χ3v) is 6.02. The highest BCUT2D eigenvalue weighted by Crippen LogP contribution is 2.38. The van der Waals surface area contributed by atoms with Crippen LogP contribution >= 0.6 is 27.5 Å². The molecule has 0 aromatic heterocycles. The van der Waals surface area contributed by atoms with E-state index in [0.29, 0.717) is 15.1 Å². The standard InChI is InChI=1S/C21H17BrClNO4S/c1-14-3-7-17(8-4-14)24-13-15-11-19(22)21(20(12-15)27-2)28-29(25,26)18-9-5-16(23)6-10-18/h3-13H,1-2H3. The van der Waals surface area contributed by atoms with E-state index < -0.39 is 10.1 Å². The van der Waals surface area contributed by atoms with E-state index in [9.17, 15) is 8.42 Å². The van der Waals surface area contributed by atoms with Crippen LogP contribution in [0.5, 0.6) is 11.5 Å². The van der Waals surface area contributed by atoms with E-state index in [2.05, 4.69) is 20.9 Å². The van der Waals surface area contributed by atoms with E-state index in [4.69, 9.17) is 20.5 Å². The van der Waals surface area contributed by atoms with Gasteiger partial charge in [0.05, 0.1) is 17.3 Å². The summed E-state index contributed by atoms with van der Waals surface area (Å²) >= 11 is 9.18. The fraction of sp³-hybridized carbons (Fsp3) is 0.0952. The summed E-state index contributed by atoms with van der Waals surface area (Å²) in [7, 11) is -2.62. The zero-order valence-corrected chi connectivity index (χ0v) is 18.8. The van der Waals surface area contributed by atoms with Crippen LogP contribution in [0.2, 0.25) is 5.02 Å². The lowest BCUT2D eigenvalue weighted by Gasteiger charge is -2.13. The van der Waals surface area contributed by atoms with Crippen molar-refractivity contribution in [1.82, 2.24) is 0 Å². The van der Waals surface area contributed by atoms with Gasteiger partial charge in [-0.3, -0.25) is 4.99 Å². The first-order valence-electron chi connectivity index (χ1n) is 8.47. The van der Waals surface area contributed by atoms with E-state index in [1.54, 1.807) is 18.3 Å². The highest BCUT2D eigenvalue weighted by atomic mass is 79.9. The number of aryl methyl sites for hydroxylation is 1. The van der Waals surface area contributed by atoms with Crippen molar-refractivity contribution in [2.45, 2.75) is 11.8 Å². The van der Waals surface area contributed by atoms with Crippen LogP contribution in [-0.2, 0) is 10.1 Å². The Bertz CT molecular complexity index is 1140. The first-order chi connectivity index (χ1) is 13.8. The zero-order chi connectivity index (χ0) is 21.0. The minimum atomic E-state index is -4.06. The van der Waals surface area contributed by atoms with Crippen LogP contribution in [0, 0.1) is 6.92 Å². The number of hydrogen-bond donors (Lipinski definition) is 0. The first-order valence-corrected chi connectivity index (χ1v) is 11.0. The Hall–Kier alpha value is -2.35. The lowest BCUT2D eigenvalue weighted by atomic mass is 10.2. The monoisotopic (exact) mass is 493 g/mol. The van der Waals surface area contributed by atoms with E-state index in [0.717, 1.165) is 11.3 Å². The smallest absolute Gasteiger partial charge is 0.339 e. The largest absolute Gasteiger partial charge is 0.493 e. The number of ether oxygens (including phenoxy) is 1. The Morgan fingerprint density at radius 1 is 1.03 bits per heavy atom. The molecule has 0 amide bonds. The molecule has 29 heavy (non-hydrogen) atoms. The maximum Gasteiger partial charge on any atom is 0.339 e. The Kier molecular flexibility index (Phi) is 6.62. The molecule has 0 heterocycles. The number of benzene rings is 3. The van der Waals surface area contributed by atoms with Gasteiger partial charge in [0.25, 0.3) is 0 Å². The van der Waals surface area contributed by atoms with Crippen molar-refractivity contribution >= 4 is 49.6 Å². The van der Waals surface area contributed by atoms with Crippen molar-refractivity contribution in [2.24, 2.45) is 4.99 Å². The normalized spacial score (nSPS) is 11.6. The summed E-state index contributed by atoms with van der Waals surface area (Å²) < 4.78 is 36.3. The minimum absolute atomic E-state index is 0.0131. The summed E-state index contributed by atoms with van der Waals surface area (Å²) in [5, 5.41) is 0.430. The fourth-order valence-corrected chi connectivity index (χ4v) is 4.16. The van der Waals surface area contributed by atoms with E-state index in [-0.39, 0.29) is 16.4 Å². The van der Waals surface area contributed by atoms with Gasteiger partial charge in [-0.2, -0.15) is 8.42 Å². The van der Waals surface area contributed by atoms with Crippen LogP contribution < -0.4 is 8.92 Å². The summed E-state index contributed by atoms with van der Waals surface area (Å²) in [6.07, 6.45) is 1.66. The number of methoxy groups -OCH3 is 1. The summed E-state index contributed by atoms with van der Waals surface area (Å²) in [6.45, 7) is 2.01. The van der Waals surface area contributed by atoms with Crippen LogP contribution in [0.3, 0.4) is 0 Å². The second kappa shape index (κ2) is 8.98. The molecule has 0 aliphatic carbocycles. The molecule has 3 aromatic carbocycles. The molecule has 0 radical (unpaired) electrons. The van der Waals surface area contributed by atoms with Gasteiger partial charge in [0, 0.05) is 11.2 Å². The second-order valence-corrected chi connectivity index (χ2v) is 8.96. The van der Waals surface area contributed by atoms with Crippen molar-refractivity contribution in [3.8, 4) is 11.5 Å². The third-order valence-electron chi connectivity index (χ3n) is 3.94. The number of aliphatic imine (C=N–C) groups is 1. The molecular formula is C21H17BrClNO4S. The molecule has 0 atom stereocenters. The molecule has 0 aliphatic rings. The van der Waals surface area contributed by atoms with Crippen LogP contribution in [0.4, 0.5) is 5.69 Å². The van der Waals surface area contributed by atoms with Gasteiger partial charge in [-0.05, 0) is 76.9 Å². The molecule has 0 fully saturated rings. The van der Waals surface area contributed by atoms with E-state index in [1.165, 1.54) is 31.4 Å². The minimum Gasteiger partial charge on any atom is -0.493 e. The maximum absolute atomic E-state index is 12.6. The third kappa shape index (κ3) is 5.38. The van der Waals surface area contributed by atoms with Gasteiger partial charge >= 0.3 is 10.1 Å². The second-order valence-electron chi connectivity index (χ2n) is 6.12. The number of rotatable bonds is 6. The summed E-state index contributed by atoms with van der Waals surface area (Å²) in [4.78, 5) is 4.41. The van der Waals surface area contributed by atoms with Gasteiger partial charge in [0.2, 0.25) is 0 Å². The van der Waals surface area contributed by atoms with Crippen molar-refractivity contribution in [2.75, 3.05) is 7.11 Å². The van der Waals surface area contributed by atoms with Crippen molar-refractivity contribution in [3.63, 3.8) is 0 Å². The molecule has 0 saturated carbocycles. The Morgan fingerprint density at radius 3 is 2.31 bits per heavy atom. The Morgan fingerprint density at radius 2 is 1.69 bits per heavy atom. The number of halogens is 2. The molecule has 0 spiro atoms. The predicted octanol–water partition coefficient (Wildman–Crippen LogP) is 5.94. The molecule has 3 aromatic rings. The van der Waals surface area contributed by atoms with Crippen LogP contribution in [-0.4, -0.2) is 21.7 Å². The highest BCUT2D eigenvalue weighted by Gasteiger charge is 2.22. The molecule has 0 unspecified atom stereocenters. The van der Waals surface area contributed by atoms with Crippen molar-refractivity contribution in [1.29, 1.82) is 0 Å². The molecule has 0 aliphatic heterocycles. The lowest BCUT2D eigenvalue weighted by molar-refractivity contribution is 0.389. The average molecular weight is 495 g/mol. The molecule has 3 rings (SSSR count). The Labute approximate surface area is 183 Å². The zero-order valence-electron chi connectivity index (χ0n) is 15.6. The van der Waals surface area contributed by atoms with Gasteiger partial charge in [0.15, 0.2) is 11.5 Å². The molecule has 0 saturated heterocycles. The summed E-state index contributed by atoms with van der Waals surface area (Å²) in [5.74, 6) is 0.303. The molecule has 0 bridgehead atoms. The van der Waals surface area contributed by atoms with Crippen molar-refractivity contribution in [3.05, 3.63) is 81.3 Å². The molecular weight excluding hydrogens is 478 g/mol. The quantitative estimate of drug-likeness (QED) is 0.314. The van der Waals surface area contributed by atoms with Crippen LogP contribution in [0.1, 0.15) is 11.1 Å². The van der Waals surface area contributed by atoms with Crippen LogP contribution in [0.15, 0.2) is 75.0 Å². The molecule has 5 nitrogen and oxygen atoms in total. The SMILES string of the molecule is COc1cc(C=Nc2ccc(C)cc2)cc(Br)c1OS(=O)(=O)c1ccc(Cl)cc1. The Balaban J connectivity index is 1.90. The maximum atomic E-state index is 12.6. The highest BCUT2D eigenvalue weighted by molar-refractivity contribution is 9.10. The van der Waals surface area contributed by atoms with E-state index in [1.807, 2.05) is 31.2 Å². The first kappa shape index (κ1) is 21.4. The molecule has 0 N–H and O–H groups in total. The topological polar surface area (TPSA) is 65.0 Å². The predicted molar refractivity (Wildman–Crippen MR) is 118 cm³/mol.